The van der Waals surface area contributed by atoms with Crippen LogP contribution in [0.1, 0.15) is 10.7 Å². The second-order valence-corrected chi connectivity index (χ2v) is 6.37. The summed E-state index contributed by atoms with van der Waals surface area (Å²) < 4.78 is 8.88. The molecular formula is C18H15N3OS. The van der Waals surface area contributed by atoms with Gasteiger partial charge in [-0.3, -0.25) is 0 Å². The number of aryl methyl sites for hydroxylation is 1. The summed E-state index contributed by atoms with van der Waals surface area (Å²) >= 11 is 1.67. The number of benzene rings is 2. The number of ether oxygens (including phenoxy) is 1. The SMILES string of the molecule is Cc1ccn(-c2ccc(OCc3nc4ccccc4s3)cc2)n1. The standard InChI is InChI=1S/C18H15N3OS/c1-13-10-11-21(20-13)14-6-8-15(9-7-14)22-12-18-19-16-4-2-3-5-17(16)23-18/h2-11H,12H2,1H3. The first-order valence-corrected chi connectivity index (χ1v) is 8.19. The van der Waals surface area contributed by atoms with Gasteiger partial charge >= 0.3 is 0 Å². The Morgan fingerprint density at radius 2 is 1.87 bits per heavy atom. The first-order chi connectivity index (χ1) is 11.3. The van der Waals surface area contributed by atoms with E-state index in [1.807, 2.05) is 66.3 Å². The predicted octanol–water partition coefficient (Wildman–Crippen LogP) is 4.37. The summed E-state index contributed by atoms with van der Waals surface area (Å²) in [5.74, 6) is 0.830. The molecule has 0 fully saturated rings. The largest absolute Gasteiger partial charge is 0.486 e. The lowest BCUT2D eigenvalue weighted by atomic mass is 10.3. The van der Waals surface area contributed by atoms with Gasteiger partial charge in [-0.25, -0.2) is 9.67 Å². The molecule has 4 rings (SSSR count). The molecule has 0 aliphatic carbocycles. The van der Waals surface area contributed by atoms with Gasteiger partial charge in [0.25, 0.3) is 0 Å². The third kappa shape index (κ3) is 2.96. The molecule has 4 aromatic rings. The molecule has 4 nitrogen and oxygen atoms in total. The van der Waals surface area contributed by atoms with E-state index in [0.29, 0.717) is 6.61 Å². The molecule has 0 spiro atoms. The molecule has 0 N–H and O–H groups in total. The van der Waals surface area contributed by atoms with Gasteiger partial charge < -0.3 is 4.74 Å². The number of aromatic nitrogens is 3. The van der Waals surface area contributed by atoms with Gasteiger partial charge in [0.15, 0.2) is 0 Å². The number of hydrogen-bond acceptors (Lipinski definition) is 4. The van der Waals surface area contributed by atoms with Gasteiger partial charge in [0.2, 0.25) is 0 Å². The van der Waals surface area contributed by atoms with Crippen LogP contribution in [0.15, 0.2) is 60.8 Å². The van der Waals surface area contributed by atoms with E-state index in [1.165, 1.54) is 4.70 Å². The fraction of sp³-hybridized carbons (Fsp3) is 0.111. The molecule has 2 aromatic carbocycles. The Hall–Kier alpha value is -2.66. The van der Waals surface area contributed by atoms with Crippen LogP contribution >= 0.6 is 11.3 Å². The predicted molar refractivity (Wildman–Crippen MR) is 92.3 cm³/mol. The molecule has 0 radical (unpaired) electrons. The fourth-order valence-corrected chi connectivity index (χ4v) is 3.26. The first kappa shape index (κ1) is 14.0. The molecule has 0 bridgehead atoms. The van der Waals surface area contributed by atoms with Crippen molar-refractivity contribution in [2.24, 2.45) is 0 Å². The zero-order chi connectivity index (χ0) is 15.6. The minimum Gasteiger partial charge on any atom is -0.486 e. The van der Waals surface area contributed by atoms with Gasteiger partial charge in [0.05, 0.1) is 21.6 Å². The molecular weight excluding hydrogens is 306 g/mol. The molecule has 23 heavy (non-hydrogen) atoms. The lowest BCUT2D eigenvalue weighted by molar-refractivity contribution is 0.306. The Labute approximate surface area is 138 Å². The van der Waals surface area contributed by atoms with Crippen LogP contribution in [-0.4, -0.2) is 14.8 Å². The third-order valence-electron chi connectivity index (χ3n) is 3.52. The van der Waals surface area contributed by atoms with Gasteiger partial charge in [-0.2, -0.15) is 5.10 Å². The van der Waals surface area contributed by atoms with Gasteiger partial charge in [0.1, 0.15) is 17.4 Å². The maximum Gasteiger partial charge on any atom is 0.140 e. The van der Waals surface area contributed by atoms with E-state index >= 15 is 0 Å². The van der Waals surface area contributed by atoms with E-state index in [-0.39, 0.29) is 0 Å². The first-order valence-electron chi connectivity index (χ1n) is 7.38. The summed E-state index contributed by atoms with van der Waals surface area (Å²) in [6.45, 7) is 2.46. The van der Waals surface area contributed by atoms with Crippen molar-refractivity contribution in [1.82, 2.24) is 14.8 Å². The molecule has 0 aliphatic heterocycles. The molecule has 0 aliphatic rings. The van der Waals surface area contributed by atoms with Gasteiger partial charge in [-0.05, 0) is 49.4 Å². The van der Waals surface area contributed by atoms with Crippen molar-refractivity contribution < 1.29 is 4.74 Å². The molecule has 5 heteroatoms. The maximum absolute atomic E-state index is 5.84. The van der Waals surface area contributed by atoms with Gasteiger partial charge in [-0.1, -0.05) is 12.1 Å². The fourth-order valence-electron chi connectivity index (χ4n) is 2.38. The Morgan fingerprint density at radius 1 is 1.04 bits per heavy atom. The summed E-state index contributed by atoms with van der Waals surface area (Å²) in [6, 6.07) is 18.0. The number of hydrogen-bond donors (Lipinski definition) is 0. The number of para-hydroxylation sites is 1. The molecule has 2 aromatic heterocycles. The van der Waals surface area contributed by atoms with Crippen molar-refractivity contribution in [2.45, 2.75) is 13.5 Å². The van der Waals surface area contributed by atoms with Crippen molar-refractivity contribution in [3.8, 4) is 11.4 Å². The molecule has 0 saturated heterocycles. The van der Waals surface area contributed by atoms with Crippen LogP contribution in [0.4, 0.5) is 0 Å². The maximum atomic E-state index is 5.84. The van der Waals surface area contributed by atoms with Crippen molar-refractivity contribution in [3.63, 3.8) is 0 Å². The normalized spacial score (nSPS) is 11.0. The smallest absolute Gasteiger partial charge is 0.140 e. The highest BCUT2D eigenvalue weighted by Gasteiger charge is 2.04. The third-order valence-corrected chi connectivity index (χ3v) is 4.53. The van der Waals surface area contributed by atoms with Crippen molar-refractivity contribution in [3.05, 3.63) is 71.5 Å². The van der Waals surface area contributed by atoms with E-state index in [2.05, 4.69) is 16.1 Å². The van der Waals surface area contributed by atoms with Crippen LogP contribution in [-0.2, 0) is 6.61 Å². The molecule has 0 amide bonds. The average Bonchev–Trinajstić information content (AvgIpc) is 3.19. The number of fused-ring (bicyclic) bond motifs is 1. The lowest BCUT2D eigenvalue weighted by Gasteiger charge is -2.06. The van der Waals surface area contributed by atoms with Crippen molar-refractivity contribution in [2.75, 3.05) is 0 Å². The summed E-state index contributed by atoms with van der Waals surface area (Å²) in [4.78, 5) is 4.58. The summed E-state index contributed by atoms with van der Waals surface area (Å²) in [5.41, 5.74) is 3.05. The minimum atomic E-state index is 0.486. The topological polar surface area (TPSA) is 39.9 Å². The van der Waals surface area contributed by atoms with Crippen LogP contribution in [0, 0.1) is 6.92 Å². The van der Waals surface area contributed by atoms with Gasteiger partial charge in [-0.15, -0.1) is 11.3 Å². The molecule has 0 unspecified atom stereocenters. The van der Waals surface area contributed by atoms with Crippen molar-refractivity contribution >= 4 is 21.6 Å². The zero-order valence-corrected chi connectivity index (χ0v) is 13.5. The lowest BCUT2D eigenvalue weighted by Crippen LogP contribution is -1.97. The zero-order valence-electron chi connectivity index (χ0n) is 12.6. The quantitative estimate of drug-likeness (QED) is 0.560. The number of rotatable bonds is 4. The number of thiazole rings is 1. The summed E-state index contributed by atoms with van der Waals surface area (Å²) in [7, 11) is 0. The van der Waals surface area contributed by atoms with Gasteiger partial charge in [0, 0.05) is 6.20 Å². The van der Waals surface area contributed by atoms with Crippen LogP contribution in [0.3, 0.4) is 0 Å². The second-order valence-electron chi connectivity index (χ2n) is 5.26. The average molecular weight is 321 g/mol. The van der Waals surface area contributed by atoms with Crippen LogP contribution in [0.25, 0.3) is 15.9 Å². The Bertz CT molecular complexity index is 907. The van der Waals surface area contributed by atoms with E-state index < -0.39 is 0 Å². The summed E-state index contributed by atoms with van der Waals surface area (Å²) in [5, 5.41) is 5.38. The summed E-state index contributed by atoms with van der Waals surface area (Å²) in [6.07, 6.45) is 1.95. The second kappa shape index (κ2) is 5.85. The van der Waals surface area contributed by atoms with Crippen LogP contribution in [0.2, 0.25) is 0 Å². The van der Waals surface area contributed by atoms with E-state index in [0.717, 1.165) is 27.7 Å². The molecule has 2 heterocycles. The van der Waals surface area contributed by atoms with Crippen LogP contribution < -0.4 is 4.74 Å². The number of nitrogens with zero attached hydrogens (tertiary/aromatic N) is 3. The highest BCUT2D eigenvalue weighted by Crippen LogP contribution is 2.23. The molecule has 0 saturated carbocycles. The van der Waals surface area contributed by atoms with E-state index in [4.69, 9.17) is 4.74 Å². The Kier molecular flexibility index (Phi) is 3.55. The molecule has 114 valence electrons. The van der Waals surface area contributed by atoms with E-state index in [1.54, 1.807) is 11.3 Å². The van der Waals surface area contributed by atoms with Crippen molar-refractivity contribution in [1.29, 1.82) is 0 Å². The van der Waals surface area contributed by atoms with Crippen LogP contribution in [0.5, 0.6) is 5.75 Å². The molecule has 0 atom stereocenters. The highest BCUT2D eigenvalue weighted by molar-refractivity contribution is 7.18. The minimum absolute atomic E-state index is 0.486. The monoisotopic (exact) mass is 321 g/mol. The highest BCUT2D eigenvalue weighted by atomic mass is 32.1. The van der Waals surface area contributed by atoms with E-state index in [9.17, 15) is 0 Å². The Balaban J connectivity index is 1.46. The Morgan fingerprint density at radius 3 is 2.61 bits per heavy atom.